The lowest BCUT2D eigenvalue weighted by atomic mass is 9.93. The minimum absolute atomic E-state index is 0.157. The largest absolute Gasteiger partial charge is 0.415 e. The highest BCUT2D eigenvalue weighted by molar-refractivity contribution is 6.14. The molecule has 10 aromatic carbocycles. The van der Waals surface area contributed by atoms with Gasteiger partial charge in [0.2, 0.25) is 0 Å². The Balaban J connectivity index is 1.20. The molecular weight excluding hydrogens is 966 g/mol. The normalized spacial score (nSPS) is 11.8. The van der Waals surface area contributed by atoms with Crippen LogP contribution in [0.3, 0.4) is 0 Å². The molecule has 0 fully saturated rings. The summed E-state index contributed by atoms with van der Waals surface area (Å²) >= 11 is 0. The number of nitrogens with zero attached hydrogens (tertiary/aromatic N) is 4. The van der Waals surface area contributed by atoms with E-state index in [0.717, 1.165) is 139 Å². The van der Waals surface area contributed by atoms with E-state index < -0.39 is 11.7 Å². The highest BCUT2D eigenvalue weighted by Gasteiger charge is 2.36. The average molecular weight is 1020 g/mol. The lowest BCUT2D eigenvalue weighted by Crippen LogP contribution is -2.10. The molecule has 7 heteroatoms. The molecule has 0 N–H and O–H groups in total. The van der Waals surface area contributed by atoms with Crippen molar-refractivity contribution in [3.63, 3.8) is 0 Å². The highest BCUT2D eigenvalue weighted by atomic mass is 19.4. The molecule has 0 atom stereocenters. The van der Waals surface area contributed by atoms with Gasteiger partial charge < -0.3 is 9.13 Å². The maximum Gasteiger partial charge on any atom is 0.415 e. The molecule has 0 unspecified atom stereocenters. The van der Waals surface area contributed by atoms with E-state index >= 15 is 13.2 Å². The van der Waals surface area contributed by atoms with Crippen LogP contribution in [0.1, 0.15) is 55.6 Å². The van der Waals surface area contributed by atoms with Crippen molar-refractivity contribution in [2.75, 3.05) is 0 Å². The minimum Gasteiger partial charge on any atom is -0.309 e. The first-order valence-electron chi connectivity index (χ1n) is 26.1. The lowest BCUT2D eigenvalue weighted by Gasteiger charge is -2.22. The van der Waals surface area contributed by atoms with Gasteiger partial charge in [-0.2, -0.15) is 18.4 Å². The summed E-state index contributed by atoms with van der Waals surface area (Å²) < 4.78 is 51.3. The van der Waals surface area contributed by atoms with Gasteiger partial charge >= 0.3 is 6.18 Å². The number of alkyl halides is 3. The number of hydrogen-bond donors (Lipinski definition) is 0. The number of fused-ring (bicyclic) bond motifs is 6. The Bertz CT molecular complexity index is 4310. The zero-order chi connectivity index (χ0) is 54.5. The van der Waals surface area contributed by atoms with E-state index in [0.29, 0.717) is 11.4 Å². The molecule has 2 heterocycles. The fraction of sp³-hybridized carbons (Fsp3) is 0.127. The topological polar surface area (TPSA) is 38.0 Å². The smallest absolute Gasteiger partial charge is 0.309 e. The van der Waals surface area contributed by atoms with Crippen molar-refractivity contribution in [1.29, 1.82) is 5.26 Å². The van der Waals surface area contributed by atoms with E-state index in [1.165, 1.54) is 12.1 Å². The second-order valence-corrected chi connectivity index (χ2v) is 21.4. The number of halogens is 3. The van der Waals surface area contributed by atoms with Crippen molar-refractivity contribution in [3.8, 4) is 73.1 Å². The summed E-state index contributed by atoms with van der Waals surface area (Å²) in [5.74, 6) is 0. The van der Waals surface area contributed by atoms with Gasteiger partial charge in [-0.3, -0.25) is 0 Å². The Morgan fingerprint density at radius 2 is 0.731 bits per heavy atom. The number of hydrogen-bond acceptors (Lipinski definition) is 1. The van der Waals surface area contributed by atoms with E-state index in [2.05, 4.69) is 200 Å². The van der Waals surface area contributed by atoms with Gasteiger partial charge in [-0.15, -0.1) is 0 Å². The molecule has 0 spiro atoms. The van der Waals surface area contributed by atoms with Gasteiger partial charge in [0.25, 0.3) is 0 Å². The first kappa shape index (κ1) is 49.4. The molecule has 2 aromatic heterocycles. The maximum absolute atomic E-state index is 15.8. The van der Waals surface area contributed by atoms with Crippen LogP contribution in [0.2, 0.25) is 0 Å². The van der Waals surface area contributed by atoms with E-state index in [1.54, 1.807) is 12.1 Å². The molecule has 378 valence electrons. The Morgan fingerprint density at radius 1 is 0.397 bits per heavy atom. The van der Waals surface area contributed by atoms with Gasteiger partial charge in [-0.1, -0.05) is 160 Å². The first-order chi connectivity index (χ1) is 37.4. The third kappa shape index (κ3) is 8.59. The lowest BCUT2D eigenvalue weighted by molar-refractivity contribution is -0.137. The van der Waals surface area contributed by atoms with Crippen molar-refractivity contribution in [2.24, 2.45) is 0 Å². The van der Waals surface area contributed by atoms with Crippen LogP contribution in [0.5, 0.6) is 0 Å². The summed E-state index contributed by atoms with van der Waals surface area (Å²) in [4.78, 5) is 3.79. The molecule has 0 aliphatic carbocycles. The molecule has 78 heavy (non-hydrogen) atoms. The van der Waals surface area contributed by atoms with Crippen molar-refractivity contribution in [2.45, 2.75) is 61.6 Å². The quantitative estimate of drug-likeness (QED) is 0.147. The Labute approximate surface area is 452 Å². The molecule has 12 aromatic rings. The van der Waals surface area contributed by atoms with Crippen LogP contribution in [0.25, 0.3) is 115 Å². The molecule has 0 amide bonds. The molecule has 0 aliphatic heterocycles. The zero-order valence-corrected chi connectivity index (χ0v) is 44.7. The first-order valence-corrected chi connectivity index (χ1v) is 26.1. The van der Waals surface area contributed by atoms with Crippen molar-refractivity contribution in [3.05, 3.63) is 243 Å². The number of benzene rings is 10. The molecule has 0 saturated carbocycles. The van der Waals surface area contributed by atoms with E-state index in [9.17, 15) is 5.26 Å². The second kappa shape index (κ2) is 18.7. The maximum atomic E-state index is 15.8. The highest BCUT2D eigenvalue weighted by Crippen LogP contribution is 2.49. The van der Waals surface area contributed by atoms with Gasteiger partial charge in [-0.05, 0) is 166 Å². The predicted molar refractivity (Wildman–Crippen MR) is 316 cm³/mol. The van der Waals surface area contributed by atoms with Gasteiger partial charge in [0.15, 0.2) is 5.69 Å². The monoisotopic (exact) mass is 1020 g/mol. The van der Waals surface area contributed by atoms with Crippen molar-refractivity contribution < 1.29 is 13.2 Å². The molecule has 0 aliphatic rings. The third-order valence-electron chi connectivity index (χ3n) is 15.2. The van der Waals surface area contributed by atoms with E-state index in [4.69, 9.17) is 6.57 Å². The molecular formula is C71H53F3N4. The summed E-state index contributed by atoms with van der Waals surface area (Å²) in [7, 11) is 0. The van der Waals surface area contributed by atoms with Crippen LogP contribution in [-0.4, -0.2) is 9.13 Å². The van der Waals surface area contributed by atoms with Crippen LogP contribution >= 0.6 is 0 Å². The van der Waals surface area contributed by atoms with Crippen LogP contribution in [-0.2, 0) is 6.18 Å². The molecule has 0 bridgehead atoms. The van der Waals surface area contributed by atoms with E-state index in [-0.39, 0.29) is 22.4 Å². The molecule has 0 saturated heterocycles. The predicted octanol–water partition coefficient (Wildman–Crippen LogP) is 20.1. The summed E-state index contributed by atoms with van der Waals surface area (Å²) in [6, 6.07) is 60.8. The third-order valence-corrected chi connectivity index (χ3v) is 15.2. The fourth-order valence-electron chi connectivity index (χ4n) is 12.2. The van der Waals surface area contributed by atoms with Gasteiger partial charge in [0, 0.05) is 27.1 Å². The SMILES string of the molecule is [C-]#[N+]c1cccc(C(F)(F)F)c1-c1cc(-n2c3ccc(-c4cc(C)cc(C)c4)cc3c3cc(-c4cc(C)cc(C)c4)ccc32)c(C#N)cc1-n1c2ccc(-c3cc(C)cc(C)c3)cc2c2cc(-c3cc(C)cc(C)c3)ccc21. The summed E-state index contributed by atoms with van der Waals surface area (Å²) in [6.45, 7) is 25.1. The number of nitriles is 1. The number of aromatic nitrogens is 2. The van der Waals surface area contributed by atoms with Crippen LogP contribution < -0.4 is 0 Å². The number of rotatable bonds is 7. The second-order valence-electron chi connectivity index (χ2n) is 21.4. The minimum atomic E-state index is -4.84. The zero-order valence-electron chi connectivity index (χ0n) is 44.7. The summed E-state index contributed by atoms with van der Waals surface area (Å²) in [5, 5.41) is 15.2. The number of aryl methyl sites for hydroxylation is 8. The Hall–Kier alpha value is -9.43. The van der Waals surface area contributed by atoms with E-state index in [1.807, 2.05) is 21.3 Å². The molecule has 12 rings (SSSR count). The fourth-order valence-corrected chi connectivity index (χ4v) is 12.2. The molecule has 0 radical (unpaired) electrons. The van der Waals surface area contributed by atoms with Gasteiger partial charge in [0.1, 0.15) is 6.07 Å². The summed E-state index contributed by atoms with van der Waals surface area (Å²) in [6.07, 6.45) is -4.84. The van der Waals surface area contributed by atoms with Crippen molar-refractivity contribution in [1.82, 2.24) is 9.13 Å². The van der Waals surface area contributed by atoms with Crippen molar-refractivity contribution >= 4 is 49.3 Å². The molecule has 4 nitrogen and oxygen atoms in total. The van der Waals surface area contributed by atoms with Crippen LogP contribution in [0, 0.1) is 73.3 Å². The Kier molecular flexibility index (Phi) is 11.8. The van der Waals surface area contributed by atoms with Crippen LogP contribution in [0.15, 0.2) is 176 Å². The standard InChI is InChI=1S/C71H53F3N4/c1-40-21-41(2)26-52(25-40)48-13-17-64-57(33-48)58-34-49(53-27-42(3)22-43(4)28-53)14-18-65(58)77(64)68-38-61(70-62(71(72,73)74)11-10-12-63(70)76-9)69(37-56(68)39-75)78-66-19-15-50(54-29-44(5)23-45(6)30-54)35-59(66)60-36-51(16-20-67(60)78)55-31-46(7)24-47(8)32-55/h10-38H,1-8H3. The average Bonchev–Trinajstić information content (AvgIpc) is 4.14. The van der Waals surface area contributed by atoms with Crippen LogP contribution in [0.4, 0.5) is 18.9 Å². The van der Waals surface area contributed by atoms with Gasteiger partial charge in [-0.25, -0.2) is 4.85 Å². The summed E-state index contributed by atoms with van der Waals surface area (Å²) in [5.41, 5.74) is 20.1. The Morgan fingerprint density at radius 3 is 1.04 bits per heavy atom. The van der Waals surface area contributed by atoms with Gasteiger partial charge in [0.05, 0.1) is 51.1 Å².